The van der Waals surface area contributed by atoms with Crippen LogP contribution in [-0.4, -0.2) is 32.1 Å². The molecule has 0 spiro atoms. The largest absolute Gasteiger partial charge is 0.468 e. The molecule has 6 heteroatoms. The average molecular weight is 333 g/mol. The molecular weight excluding hydrogens is 310 g/mol. The SMILES string of the molecule is COC(=O)C(C(=O)OC)[C@H](C)/C=C/C(=O)N[C@@H](C)c1ccccc1. The van der Waals surface area contributed by atoms with Crippen LogP contribution in [-0.2, 0) is 23.9 Å². The zero-order valence-corrected chi connectivity index (χ0v) is 14.3. The van der Waals surface area contributed by atoms with Gasteiger partial charge in [-0.1, -0.05) is 43.3 Å². The Labute approximate surface area is 141 Å². The highest BCUT2D eigenvalue weighted by Crippen LogP contribution is 2.17. The van der Waals surface area contributed by atoms with E-state index in [9.17, 15) is 14.4 Å². The second-order valence-electron chi connectivity index (χ2n) is 5.38. The van der Waals surface area contributed by atoms with Gasteiger partial charge in [-0.2, -0.15) is 0 Å². The lowest BCUT2D eigenvalue weighted by Gasteiger charge is -2.17. The molecule has 0 heterocycles. The summed E-state index contributed by atoms with van der Waals surface area (Å²) in [5.41, 5.74) is 0.981. The molecule has 1 rings (SSSR count). The third kappa shape index (κ3) is 5.53. The molecule has 2 atom stereocenters. The fraction of sp³-hybridized carbons (Fsp3) is 0.389. The van der Waals surface area contributed by atoms with Crippen LogP contribution >= 0.6 is 0 Å². The first-order valence-electron chi connectivity index (χ1n) is 7.60. The van der Waals surface area contributed by atoms with Crippen LogP contribution in [0.5, 0.6) is 0 Å². The van der Waals surface area contributed by atoms with E-state index < -0.39 is 23.8 Å². The summed E-state index contributed by atoms with van der Waals surface area (Å²) in [5.74, 6) is -3.35. The molecule has 0 aliphatic carbocycles. The van der Waals surface area contributed by atoms with Gasteiger partial charge in [0.25, 0.3) is 0 Å². The molecule has 6 nitrogen and oxygen atoms in total. The van der Waals surface area contributed by atoms with E-state index in [1.54, 1.807) is 6.92 Å². The summed E-state index contributed by atoms with van der Waals surface area (Å²) < 4.78 is 9.22. The molecule has 1 aromatic rings. The summed E-state index contributed by atoms with van der Waals surface area (Å²) in [6, 6.07) is 9.37. The number of rotatable bonds is 7. The number of carbonyl (C=O) groups is 3. The third-order valence-corrected chi connectivity index (χ3v) is 3.65. The summed E-state index contributed by atoms with van der Waals surface area (Å²) in [6.07, 6.45) is 2.80. The van der Waals surface area contributed by atoms with E-state index in [-0.39, 0.29) is 11.9 Å². The normalized spacial score (nSPS) is 13.4. The van der Waals surface area contributed by atoms with Gasteiger partial charge >= 0.3 is 11.9 Å². The molecule has 24 heavy (non-hydrogen) atoms. The van der Waals surface area contributed by atoms with Crippen molar-refractivity contribution in [2.45, 2.75) is 19.9 Å². The minimum atomic E-state index is -1.10. The quantitative estimate of drug-likeness (QED) is 0.469. The van der Waals surface area contributed by atoms with Crippen molar-refractivity contribution in [3.63, 3.8) is 0 Å². The number of hydrogen-bond acceptors (Lipinski definition) is 5. The van der Waals surface area contributed by atoms with E-state index in [1.165, 1.54) is 26.4 Å². The Bertz CT molecular complexity index is 581. The molecule has 0 aliphatic rings. The summed E-state index contributed by atoms with van der Waals surface area (Å²) in [6.45, 7) is 3.51. The number of amides is 1. The molecule has 0 saturated heterocycles. The lowest BCUT2D eigenvalue weighted by molar-refractivity contribution is -0.160. The highest BCUT2D eigenvalue weighted by Gasteiger charge is 2.33. The Morgan fingerprint density at radius 3 is 2.04 bits per heavy atom. The molecule has 1 N–H and O–H groups in total. The van der Waals surface area contributed by atoms with Gasteiger partial charge < -0.3 is 14.8 Å². The highest BCUT2D eigenvalue weighted by molar-refractivity contribution is 5.95. The monoisotopic (exact) mass is 333 g/mol. The summed E-state index contributed by atoms with van der Waals surface area (Å²) >= 11 is 0. The minimum Gasteiger partial charge on any atom is -0.468 e. The van der Waals surface area contributed by atoms with Crippen LogP contribution in [0.15, 0.2) is 42.5 Å². The number of nitrogens with one attached hydrogen (secondary N) is 1. The fourth-order valence-corrected chi connectivity index (χ4v) is 2.22. The molecule has 0 aromatic heterocycles. The van der Waals surface area contributed by atoms with Crippen molar-refractivity contribution in [2.75, 3.05) is 14.2 Å². The van der Waals surface area contributed by atoms with Crippen molar-refractivity contribution in [1.82, 2.24) is 5.32 Å². The molecule has 0 fully saturated rings. The van der Waals surface area contributed by atoms with Crippen LogP contribution < -0.4 is 5.32 Å². The molecule has 1 amide bonds. The summed E-state index contributed by atoms with van der Waals surface area (Å²) in [7, 11) is 2.39. The number of benzene rings is 1. The van der Waals surface area contributed by atoms with Crippen molar-refractivity contribution in [1.29, 1.82) is 0 Å². The van der Waals surface area contributed by atoms with Gasteiger partial charge in [0.15, 0.2) is 5.92 Å². The highest BCUT2D eigenvalue weighted by atomic mass is 16.5. The molecule has 0 unspecified atom stereocenters. The van der Waals surface area contributed by atoms with Crippen LogP contribution in [0.3, 0.4) is 0 Å². The first-order valence-corrected chi connectivity index (χ1v) is 7.60. The maximum atomic E-state index is 12.0. The van der Waals surface area contributed by atoms with E-state index >= 15 is 0 Å². The van der Waals surface area contributed by atoms with E-state index in [2.05, 4.69) is 14.8 Å². The van der Waals surface area contributed by atoms with E-state index in [4.69, 9.17) is 0 Å². The predicted octanol–water partition coefficient (Wildman–Crippen LogP) is 2.02. The first-order chi connectivity index (χ1) is 11.4. The maximum Gasteiger partial charge on any atom is 0.320 e. The van der Waals surface area contributed by atoms with E-state index in [0.29, 0.717) is 0 Å². The van der Waals surface area contributed by atoms with Gasteiger partial charge in [0.2, 0.25) is 5.91 Å². The maximum absolute atomic E-state index is 12.0. The third-order valence-electron chi connectivity index (χ3n) is 3.65. The Kier molecular flexibility index (Phi) is 7.68. The first kappa shape index (κ1) is 19.4. The molecule has 0 saturated carbocycles. The molecule has 0 bridgehead atoms. The van der Waals surface area contributed by atoms with Gasteiger partial charge in [0.05, 0.1) is 20.3 Å². The van der Waals surface area contributed by atoms with Gasteiger partial charge in [0, 0.05) is 0 Å². The number of esters is 2. The van der Waals surface area contributed by atoms with Gasteiger partial charge in [-0.25, -0.2) is 0 Å². The van der Waals surface area contributed by atoms with Crippen LogP contribution in [0.4, 0.5) is 0 Å². The van der Waals surface area contributed by atoms with Crippen molar-refractivity contribution in [2.24, 2.45) is 11.8 Å². The van der Waals surface area contributed by atoms with Gasteiger partial charge in [-0.15, -0.1) is 0 Å². The average Bonchev–Trinajstić information content (AvgIpc) is 2.60. The number of methoxy groups -OCH3 is 2. The van der Waals surface area contributed by atoms with Crippen molar-refractivity contribution < 1.29 is 23.9 Å². The molecule has 130 valence electrons. The Hall–Kier alpha value is -2.63. The second kappa shape index (κ2) is 9.50. The van der Waals surface area contributed by atoms with Crippen molar-refractivity contribution in [3.8, 4) is 0 Å². The van der Waals surface area contributed by atoms with Crippen molar-refractivity contribution >= 4 is 17.8 Å². The standard InChI is InChI=1S/C18H23NO5/c1-12(16(17(21)23-3)18(22)24-4)10-11-15(20)19-13(2)14-8-6-5-7-9-14/h5-13,16H,1-4H3,(H,19,20)/b11-10+/t12-,13+/m1/s1. The van der Waals surface area contributed by atoms with Gasteiger partial charge in [-0.05, 0) is 24.5 Å². The Morgan fingerprint density at radius 1 is 1.00 bits per heavy atom. The molecule has 1 aromatic carbocycles. The smallest absolute Gasteiger partial charge is 0.320 e. The summed E-state index contributed by atoms with van der Waals surface area (Å²) in [5, 5.41) is 2.82. The topological polar surface area (TPSA) is 81.7 Å². The van der Waals surface area contributed by atoms with Crippen LogP contribution in [0.2, 0.25) is 0 Å². The van der Waals surface area contributed by atoms with Crippen LogP contribution in [0, 0.1) is 11.8 Å². The predicted molar refractivity (Wildman–Crippen MR) is 88.8 cm³/mol. The molecule has 0 aliphatic heterocycles. The number of hydrogen-bond donors (Lipinski definition) is 1. The number of ether oxygens (including phenoxy) is 2. The minimum absolute atomic E-state index is 0.157. The summed E-state index contributed by atoms with van der Waals surface area (Å²) in [4.78, 5) is 35.4. The Morgan fingerprint density at radius 2 is 1.54 bits per heavy atom. The second-order valence-corrected chi connectivity index (χ2v) is 5.38. The van der Waals surface area contributed by atoms with Gasteiger partial charge in [0.1, 0.15) is 0 Å². The zero-order chi connectivity index (χ0) is 18.1. The number of allylic oxidation sites excluding steroid dienone is 1. The van der Waals surface area contributed by atoms with Crippen molar-refractivity contribution in [3.05, 3.63) is 48.0 Å². The zero-order valence-electron chi connectivity index (χ0n) is 14.3. The molecular formula is C18H23NO5. The van der Waals surface area contributed by atoms with Crippen LogP contribution in [0.25, 0.3) is 0 Å². The Balaban J connectivity index is 2.70. The van der Waals surface area contributed by atoms with Gasteiger partial charge in [-0.3, -0.25) is 14.4 Å². The van der Waals surface area contributed by atoms with E-state index in [1.807, 2.05) is 37.3 Å². The number of carbonyl (C=O) groups excluding carboxylic acids is 3. The lowest BCUT2D eigenvalue weighted by Crippen LogP contribution is -2.31. The van der Waals surface area contributed by atoms with E-state index in [0.717, 1.165) is 5.56 Å². The lowest BCUT2D eigenvalue weighted by atomic mass is 9.93. The van der Waals surface area contributed by atoms with Crippen LogP contribution in [0.1, 0.15) is 25.5 Å². The molecule has 0 radical (unpaired) electrons. The fourth-order valence-electron chi connectivity index (χ4n) is 2.22.